The van der Waals surface area contributed by atoms with Crippen molar-refractivity contribution in [3.63, 3.8) is 0 Å². The molecule has 0 saturated heterocycles. The van der Waals surface area contributed by atoms with E-state index in [1.807, 2.05) is 31.2 Å². The number of fused-ring (bicyclic) bond motifs is 3. The minimum absolute atomic E-state index is 0.0640. The van der Waals surface area contributed by atoms with E-state index in [9.17, 15) is 4.79 Å². The van der Waals surface area contributed by atoms with Gasteiger partial charge in [-0.05, 0) is 53.7 Å². The van der Waals surface area contributed by atoms with Crippen LogP contribution in [0.1, 0.15) is 64.5 Å². The van der Waals surface area contributed by atoms with Crippen molar-refractivity contribution in [2.24, 2.45) is 0 Å². The SMILES string of the molecule is Cc1ccc(CN2COc3cc(C)c4c(c3C2)O/C(=C\c2ccc(C(C)(C)C)cc2)C4=O)cc1. The maximum Gasteiger partial charge on any atom is 0.232 e. The maximum atomic E-state index is 13.3. The molecule has 0 N–H and O–H groups in total. The second-order valence-electron chi connectivity index (χ2n) is 10.4. The number of nitrogens with zero attached hydrogens (tertiary/aromatic N) is 1. The molecular formula is C30H31NO3. The largest absolute Gasteiger partial charge is 0.478 e. The summed E-state index contributed by atoms with van der Waals surface area (Å²) in [6.45, 7) is 12.6. The van der Waals surface area contributed by atoms with Gasteiger partial charge >= 0.3 is 0 Å². The molecule has 2 aliphatic heterocycles. The van der Waals surface area contributed by atoms with Gasteiger partial charge in [0.1, 0.15) is 18.2 Å². The van der Waals surface area contributed by atoms with Crippen LogP contribution in [0.4, 0.5) is 0 Å². The predicted molar refractivity (Wildman–Crippen MR) is 135 cm³/mol. The second kappa shape index (κ2) is 8.44. The molecule has 2 heterocycles. The molecule has 3 aromatic carbocycles. The quantitative estimate of drug-likeness (QED) is 0.421. The highest BCUT2D eigenvalue weighted by atomic mass is 16.5. The van der Waals surface area contributed by atoms with Crippen molar-refractivity contribution in [3.05, 3.63) is 99.3 Å². The molecule has 0 saturated carbocycles. The highest BCUT2D eigenvalue weighted by Crippen LogP contribution is 2.44. The van der Waals surface area contributed by atoms with Crippen LogP contribution < -0.4 is 9.47 Å². The Bertz CT molecular complexity index is 1280. The smallest absolute Gasteiger partial charge is 0.232 e. The van der Waals surface area contributed by atoms with Gasteiger partial charge in [-0.15, -0.1) is 0 Å². The van der Waals surface area contributed by atoms with Gasteiger partial charge in [-0.1, -0.05) is 74.9 Å². The molecule has 0 fully saturated rings. The lowest BCUT2D eigenvalue weighted by molar-refractivity contribution is 0.0872. The number of hydrogen-bond acceptors (Lipinski definition) is 4. The van der Waals surface area contributed by atoms with E-state index in [1.54, 1.807) is 0 Å². The summed E-state index contributed by atoms with van der Waals surface area (Å²) < 4.78 is 12.3. The lowest BCUT2D eigenvalue weighted by Gasteiger charge is -2.30. The molecule has 2 aliphatic rings. The van der Waals surface area contributed by atoms with Gasteiger partial charge in [-0.3, -0.25) is 9.69 Å². The Morgan fingerprint density at radius 2 is 1.71 bits per heavy atom. The summed E-state index contributed by atoms with van der Waals surface area (Å²) in [4.78, 5) is 15.5. The standard InChI is InChI=1S/C30H31NO3/c1-19-6-8-22(9-7-19)16-31-17-24-25(33-18-31)14-20(2)27-28(32)26(34-29(24)27)15-21-10-12-23(13-11-21)30(3,4)5/h6-15H,16-18H2,1-5H3/b26-15-. The summed E-state index contributed by atoms with van der Waals surface area (Å²) in [6.07, 6.45) is 1.84. The number of aryl methyl sites for hydroxylation is 2. The van der Waals surface area contributed by atoms with Crippen LogP contribution in [0.25, 0.3) is 6.08 Å². The monoisotopic (exact) mass is 453 g/mol. The van der Waals surface area contributed by atoms with E-state index < -0.39 is 0 Å². The zero-order valence-electron chi connectivity index (χ0n) is 20.6. The van der Waals surface area contributed by atoms with E-state index in [2.05, 4.69) is 69.0 Å². The zero-order valence-corrected chi connectivity index (χ0v) is 20.6. The molecule has 3 aromatic rings. The Morgan fingerprint density at radius 1 is 1.00 bits per heavy atom. The van der Waals surface area contributed by atoms with Gasteiger partial charge in [0.15, 0.2) is 5.76 Å². The minimum Gasteiger partial charge on any atom is -0.478 e. The molecule has 34 heavy (non-hydrogen) atoms. The van der Waals surface area contributed by atoms with Crippen LogP contribution in [-0.4, -0.2) is 17.4 Å². The van der Waals surface area contributed by atoms with Crippen molar-refractivity contribution in [2.45, 2.75) is 53.1 Å². The molecular weight excluding hydrogens is 422 g/mol. The van der Waals surface area contributed by atoms with Gasteiger partial charge in [-0.25, -0.2) is 0 Å². The second-order valence-corrected chi connectivity index (χ2v) is 10.4. The summed E-state index contributed by atoms with van der Waals surface area (Å²) >= 11 is 0. The molecule has 0 aromatic heterocycles. The fourth-order valence-electron chi connectivity index (χ4n) is 4.56. The number of hydrogen-bond donors (Lipinski definition) is 0. The van der Waals surface area contributed by atoms with E-state index in [0.717, 1.165) is 29.0 Å². The molecule has 4 heteroatoms. The first-order valence-electron chi connectivity index (χ1n) is 11.8. The maximum absolute atomic E-state index is 13.3. The molecule has 0 radical (unpaired) electrons. The summed E-state index contributed by atoms with van der Waals surface area (Å²) in [5.41, 5.74) is 7.25. The first-order valence-corrected chi connectivity index (χ1v) is 11.8. The van der Waals surface area contributed by atoms with E-state index in [4.69, 9.17) is 9.47 Å². The zero-order chi connectivity index (χ0) is 24.0. The van der Waals surface area contributed by atoms with E-state index in [-0.39, 0.29) is 11.2 Å². The van der Waals surface area contributed by atoms with Crippen molar-refractivity contribution < 1.29 is 14.3 Å². The number of Topliss-reactive ketones (excluding diaryl/α,β-unsaturated/α-hetero) is 1. The van der Waals surface area contributed by atoms with Crippen molar-refractivity contribution in [1.82, 2.24) is 4.90 Å². The number of benzene rings is 3. The van der Waals surface area contributed by atoms with Crippen LogP contribution in [-0.2, 0) is 18.5 Å². The van der Waals surface area contributed by atoms with Crippen molar-refractivity contribution in [3.8, 4) is 11.5 Å². The number of carbonyl (C=O) groups excluding carboxylic acids is 1. The Kier molecular flexibility index (Phi) is 5.57. The number of ketones is 1. The fourth-order valence-corrected chi connectivity index (χ4v) is 4.56. The Morgan fingerprint density at radius 3 is 2.38 bits per heavy atom. The fraction of sp³-hybridized carbons (Fsp3) is 0.300. The first-order chi connectivity index (χ1) is 16.2. The predicted octanol–water partition coefficient (Wildman–Crippen LogP) is 6.57. The van der Waals surface area contributed by atoms with Gasteiger partial charge < -0.3 is 9.47 Å². The molecule has 0 amide bonds. The number of carbonyl (C=O) groups is 1. The lowest BCUT2D eigenvalue weighted by atomic mass is 9.86. The number of allylic oxidation sites excluding steroid dienone is 1. The van der Waals surface area contributed by atoms with Gasteiger partial charge in [0.2, 0.25) is 5.78 Å². The molecule has 0 atom stereocenters. The lowest BCUT2D eigenvalue weighted by Crippen LogP contribution is -2.31. The molecule has 0 unspecified atom stereocenters. The number of ether oxygens (including phenoxy) is 2. The summed E-state index contributed by atoms with van der Waals surface area (Å²) in [6, 6.07) is 18.8. The van der Waals surface area contributed by atoms with Gasteiger partial charge in [0.05, 0.1) is 11.1 Å². The van der Waals surface area contributed by atoms with Crippen LogP contribution in [0, 0.1) is 13.8 Å². The third-order valence-corrected chi connectivity index (χ3v) is 6.59. The van der Waals surface area contributed by atoms with Crippen LogP contribution in [0.15, 0.2) is 60.4 Å². The summed E-state index contributed by atoms with van der Waals surface area (Å²) in [5, 5.41) is 0. The third-order valence-electron chi connectivity index (χ3n) is 6.59. The van der Waals surface area contributed by atoms with Crippen molar-refractivity contribution >= 4 is 11.9 Å². The van der Waals surface area contributed by atoms with Crippen LogP contribution in [0.2, 0.25) is 0 Å². The summed E-state index contributed by atoms with van der Waals surface area (Å²) in [7, 11) is 0. The highest BCUT2D eigenvalue weighted by Gasteiger charge is 2.35. The van der Waals surface area contributed by atoms with E-state index in [1.165, 1.54) is 16.7 Å². The topological polar surface area (TPSA) is 38.8 Å². The average Bonchev–Trinajstić information content (AvgIpc) is 3.12. The Labute approximate surface area is 201 Å². The van der Waals surface area contributed by atoms with E-state index in [0.29, 0.717) is 30.3 Å². The van der Waals surface area contributed by atoms with Crippen molar-refractivity contribution in [1.29, 1.82) is 0 Å². The Hall–Kier alpha value is -3.37. The first kappa shape index (κ1) is 22.4. The van der Waals surface area contributed by atoms with Gasteiger partial charge in [-0.2, -0.15) is 0 Å². The Balaban J connectivity index is 1.42. The molecule has 0 aliphatic carbocycles. The van der Waals surface area contributed by atoms with Crippen LogP contribution in [0.3, 0.4) is 0 Å². The summed E-state index contributed by atoms with van der Waals surface area (Å²) in [5.74, 6) is 1.75. The minimum atomic E-state index is -0.0640. The van der Waals surface area contributed by atoms with E-state index >= 15 is 0 Å². The molecule has 0 bridgehead atoms. The van der Waals surface area contributed by atoms with Gasteiger partial charge in [0.25, 0.3) is 0 Å². The molecule has 4 nitrogen and oxygen atoms in total. The normalized spacial score (nSPS) is 16.7. The van der Waals surface area contributed by atoms with Crippen LogP contribution >= 0.6 is 0 Å². The van der Waals surface area contributed by atoms with Crippen molar-refractivity contribution in [2.75, 3.05) is 6.73 Å². The third kappa shape index (κ3) is 4.26. The molecule has 0 spiro atoms. The van der Waals surface area contributed by atoms with Gasteiger partial charge in [0, 0.05) is 13.1 Å². The highest BCUT2D eigenvalue weighted by molar-refractivity contribution is 6.15. The van der Waals surface area contributed by atoms with Crippen LogP contribution in [0.5, 0.6) is 11.5 Å². The average molecular weight is 454 g/mol. The molecule has 174 valence electrons. The molecule has 5 rings (SSSR count). The number of rotatable bonds is 3.